The van der Waals surface area contributed by atoms with Crippen LogP contribution in [0.5, 0.6) is 0 Å². The summed E-state index contributed by atoms with van der Waals surface area (Å²) in [5.41, 5.74) is 3.69. The number of pyridine rings is 1. The molecule has 0 N–H and O–H groups in total. The molecule has 0 bridgehead atoms. The average molecular weight is 319 g/mol. The third-order valence-electron chi connectivity index (χ3n) is 3.82. The van der Waals surface area contributed by atoms with Gasteiger partial charge in [0, 0.05) is 28.9 Å². The van der Waals surface area contributed by atoms with Gasteiger partial charge in [0.25, 0.3) is 0 Å². The van der Waals surface area contributed by atoms with Crippen molar-refractivity contribution in [1.82, 2.24) is 15.0 Å². The van der Waals surface area contributed by atoms with E-state index in [-0.39, 0.29) is 0 Å². The minimum Gasteiger partial charge on any atom is -0.256 e. The Morgan fingerprint density at radius 2 is 1.67 bits per heavy atom. The predicted octanol–water partition coefficient (Wildman–Crippen LogP) is 4.64. The SMILES string of the molecule is Fc1ccc(-c2ncccc2-c2ccc3ncncc3c2)cc1F. The molecule has 2 aromatic carbocycles. The largest absolute Gasteiger partial charge is 0.256 e. The summed E-state index contributed by atoms with van der Waals surface area (Å²) in [6.45, 7) is 0. The number of hydrogen-bond donors (Lipinski definition) is 0. The van der Waals surface area contributed by atoms with Crippen LogP contribution in [0.25, 0.3) is 33.3 Å². The molecular weight excluding hydrogens is 308 g/mol. The Hall–Kier alpha value is -3.21. The maximum Gasteiger partial charge on any atom is 0.159 e. The summed E-state index contributed by atoms with van der Waals surface area (Å²) in [4.78, 5) is 12.6. The first-order chi connectivity index (χ1) is 11.7. The molecule has 0 radical (unpaired) electrons. The summed E-state index contributed by atoms with van der Waals surface area (Å²) in [6.07, 6.45) is 4.86. The maximum atomic E-state index is 13.6. The molecule has 3 nitrogen and oxygen atoms in total. The summed E-state index contributed by atoms with van der Waals surface area (Å²) < 4.78 is 26.8. The predicted molar refractivity (Wildman–Crippen MR) is 88.1 cm³/mol. The molecule has 116 valence electrons. The molecule has 2 heterocycles. The van der Waals surface area contributed by atoms with Crippen LogP contribution in [0, 0.1) is 11.6 Å². The van der Waals surface area contributed by atoms with Crippen molar-refractivity contribution in [2.75, 3.05) is 0 Å². The molecule has 0 spiro atoms. The number of halogens is 2. The van der Waals surface area contributed by atoms with Gasteiger partial charge in [-0.25, -0.2) is 18.7 Å². The molecule has 0 fully saturated rings. The lowest BCUT2D eigenvalue weighted by molar-refractivity contribution is 0.509. The van der Waals surface area contributed by atoms with Crippen LogP contribution in [0.15, 0.2) is 67.3 Å². The molecular formula is C19H11F2N3. The monoisotopic (exact) mass is 319 g/mol. The molecule has 0 unspecified atom stereocenters. The summed E-state index contributed by atoms with van der Waals surface area (Å²) >= 11 is 0. The summed E-state index contributed by atoms with van der Waals surface area (Å²) in [7, 11) is 0. The Kier molecular flexibility index (Phi) is 3.46. The molecule has 0 amide bonds. The highest BCUT2D eigenvalue weighted by Gasteiger charge is 2.11. The van der Waals surface area contributed by atoms with E-state index in [9.17, 15) is 8.78 Å². The van der Waals surface area contributed by atoms with Crippen molar-refractivity contribution in [2.45, 2.75) is 0 Å². The van der Waals surface area contributed by atoms with Crippen molar-refractivity contribution in [1.29, 1.82) is 0 Å². The summed E-state index contributed by atoms with van der Waals surface area (Å²) in [6, 6.07) is 13.3. The van der Waals surface area contributed by atoms with Gasteiger partial charge in [0.15, 0.2) is 11.6 Å². The van der Waals surface area contributed by atoms with Crippen LogP contribution in [-0.2, 0) is 0 Å². The smallest absolute Gasteiger partial charge is 0.159 e. The van der Waals surface area contributed by atoms with Gasteiger partial charge in [0.2, 0.25) is 0 Å². The third kappa shape index (κ3) is 2.50. The minimum absolute atomic E-state index is 0.522. The van der Waals surface area contributed by atoms with E-state index >= 15 is 0 Å². The van der Waals surface area contributed by atoms with E-state index in [2.05, 4.69) is 15.0 Å². The number of benzene rings is 2. The van der Waals surface area contributed by atoms with Gasteiger partial charge in [0.1, 0.15) is 6.33 Å². The molecule has 0 atom stereocenters. The molecule has 0 aliphatic rings. The normalized spacial score (nSPS) is 10.9. The second-order valence-corrected chi connectivity index (χ2v) is 5.32. The first-order valence-corrected chi connectivity index (χ1v) is 7.33. The highest BCUT2D eigenvalue weighted by molar-refractivity contribution is 5.88. The van der Waals surface area contributed by atoms with Gasteiger partial charge in [0.05, 0.1) is 11.2 Å². The molecule has 0 saturated carbocycles. The zero-order valence-corrected chi connectivity index (χ0v) is 12.4. The van der Waals surface area contributed by atoms with E-state index in [4.69, 9.17) is 0 Å². The molecule has 4 aromatic rings. The van der Waals surface area contributed by atoms with Crippen LogP contribution in [-0.4, -0.2) is 15.0 Å². The zero-order valence-electron chi connectivity index (χ0n) is 12.4. The number of nitrogens with zero attached hydrogens (tertiary/aromatic N) is 3. The maximum absolute atomic E-state index is 13.6. The van der Waals surface area contributed by atoms with Crippen LogP contribution in [0.3, 0.4) is 0 Å². The van der Waals surface area contributed by atoms with Crippen LogP contribution in [0.1, 0.15) is 0 Å². The van der Waals surface area contributed by atoms with E-state index < -0.39 is 11.6 Å². The van der Waals surface area contributed by atoms with Crippen molar-refractivity contribution in [3.63, 3.8) is 0 Å². The van der Waals surface area contributed by atoms with E-state index in [0.29, 0.717) is 11.3 Å². The Labute approximate surface area is 136 Å². The highest BCUT2D eigenvalue weighted by Crippen LogP contribution is 2.32. The molecule has 4 rings (SSSR count). The Bertz CT molecular complexity index is 1050. The quantitative estimate of drug-likeness (QED) is 0.540. The minimum atomic E-state index is -0.893. The lowest BCUT2D eigenvalue weighted by atomic mass is 9.98. The van der Waals surface area contributed by atoms with Crippen molar-refractivity contribution in [3.05, 3.63) is 78.9 Å². The average Bonchev–Trinajstić information content (AvgIpc) is 2.63. The Morgan fingerprint density at radius 3 is 2.54 bits per heavy atom. The van der Waals surface area contributed by atoms with E-state index in [1.165, 1.54) is 12.4 Å². The van der Waals surface area contributed by atoms with Crippen LogP contribution in [0.2, 0.25) is 0 Å². The molecule has 0 aliphatic heterocycles. The highest BCUT2D eigenvalue weighted by atomic mass is 19.2. The fraction of sp³-hybridized carbons (Fsp3) is 0. The zero-order chi connectivity index (χ0) is 16.5. The van der Waals surface area contributed by atoms with Crippen molar-refractivity contribution in [2.24, 2.45) is 0 Å². The van der Waals surface area contributed by atoms with E-state index in [1.54, 1.807) is 12.4 Å². The van der Waals surface area contributed by atoms with Gasteiger partial charge in [-0.3, -0.25) is 4.98 Å². The number of aromatic nitrogens is 3. The molecule has 2 aromatic heterocycles. The lowest BCUT2D eigenvalue weighted by Crippen LogP contribution is -1.92. The van der Waals surface area contributed by atoms with E-state index in [1.807, 2.05) is 30.3 Å². The second kappa shape index (κ2) is 5.77. The second-order valence-electron chi connectivity index (χ2n) is 5.32. The fourth-order valence-electron chi connectivity index (χ4n) is 2.66. The number of hydrogen-bond acceptors (Lipinski definition) is 3. The van der Waals surface area contributed by atoms with Gasteiger partial charge >= 0.3 is 0 Å². The van der Waals surface area contributed by atoms with Gasteiger partial charge < -0.3 is 0 Å². The van der Waals surface area contributed by atoms with Gasteiger partial charge in [-0.15, -0.1) is 0 Å². The van der Waals surface area contributed by atoms with E-state index in [0.717, 1.165) is 34.2 Å². The van der Waals surface area contributed by atoms with Crippen molar-refractivity contribution < 1.29 is 8.78 Å². The van der Waals surface area contributed by atoms with Crippen molar-refractivity contribution >= 4 is 10.9 Å². The number of fused-ring (bicyclic) bond motifs is 1. The topological polar surface area (TPSA) is 38.7 Å². The summed E-state index contributed by atoms with van der Waals surface area (Å²) in [5.74, 6) is -1.77. The summed E-state index contributed by atoms with van der Waals surface area (Å²) in [5, 5.41) is 0.898. The first-order valence-electron chi connectivity index (χ1n) is 7.33. The van der Waals surface area contributed by atoms with Gasteiger partial charge in [-0.1, -0.05) is 12.1 Å². The van der Waals surface area contributed by atoms with Crippen LogP contribution < -0.4 is 0 Å². The molecule has 0 saturated heterocycles. The Balaban J connectivity index is 1.90. The fourth-order valence-corrected chi connectivity index (χ4v) is 2.66. The van der Waals surface area contributed by atoms with Gasteiger partial charge in [-0.2, -0.15) is 0 Å². The molecule has 24 heavy (non-hydrogen) atoms. The van der Waals surface area contributed by atoms with Crippen molar-refractivity contribution in [3.8, 4) is 22.4 Å². The van der Waals surface area contributed by atoms with Gasteiger partial charge in [-0.05, 0) is 42.0 Å². The standard InChI is InChI=1S/C19H11F2N3/c20-16-5-3-13(9-17(16)21)19-15(2-1-7-23-19)12-4-6-18-14(8-12)10-22-11-24-18/h1-11H. The third-order valence-corrected chi connectivity index (χ3v) is 3.82. The Morgan fingerprint density at radius 1 is 0.792 bits per heavy atom. The van der Waals surface area contributed by atoms with Crippen LogP contribution >= 0.6 is 0 Å². The molecule has 0 aliphatic carbocycles. The first kappa shape index (κ1) is 14.4. The number of rotatable bonds is 2. The van der Waals surface area contributed by atoms with Crippen LogP contribution in [0.4, 0.5) is 8.78 Å². The molecule has 5 heteroatoms. The lowest BCUT2D eigenvalue weighted by Gasteiger charge is -2.10.